The first-order valence-corrected chi connectivity index (χ1v) is 7.81. The number of nitrogens with zero attached hydrogens (tertiary/aromatic N) is 2. The molecule has 0 amide bonds. The van der Waals surface area contributed by atoms with Crippen LogP contribution in [0.3, 0.4) is 0 Å². The van der Waals surface area contributed by atoms with Crippen LogP contribution in [0, 0.1) is 5.41 Å². The zero-order valence-corrected chi connectivity index (χ0v) is 14.3. The van der Waals surface area contributed by atoms with E-state index in [4.69, 9.17) is 10.7 Å². The molecule has 3 heteroatoms. The summed E-state index contributed by atoms with van der Waals surface area (Å²) in [5.74, 6) is 1.41. The van der Waals surface area contributed by atoms with Crippen LogP contribution < -0.4 is 5.73 Å². The molecule has 0 aliphatic carbocycles. The second kappa shape index (κ2) is 5.45. The van der Waals surface area contributed by atoms with Gasteiger partial charge in [-0.05, 0) is 44.7 Å². The van der Waals surface area contributed by atoms with Crippen LogP contribution in [0.15, 0.2) is 24.3 Å². The molecule has 1 heterocycles. The number of para-hydroxylation sites is 2. The minimum absolute atomic E-state index is 0.00323. The van der Waals surface area contributed by atoms with Gasteiger partial charge in [0.05, 0.1) is 11.0 Å². The molecule has 0 aliphatic heterocycles. The average Bonchev–Trinajstić information content (AvgIpc) is 2.73. The van der Waals surface area contributed by atoms with Crippen LogP contribution in [-0.4, -0.2) is 16.1 Å². The standard InChI is InChI=1S/C18H29N3/c1-17(2,3)11-13(12-19)16-20-14-9-7-8-10-15(14)21(16)18(4,5)6/h7-10,13H,11-12,19H2,1-6H3. The fourth-order valence-corrected chi connectivity index (χ4v) is 3.04. The summed E-state index contributed by atoms with van der Waals surface area (Å²) in [4.78, 5) is 4.92. The Morgan fingerprint density at radius 2 is 1.71 bits per heavy atom. The first-order valence-electron chi connectivity index (χ1n) is 7.81. The predicted octanol–water partition coefficient (Wildman–Crippen LogP) is 4.27. The van der Waals surface area contributed by atoms with E-state index in [-0.39, 0.29) is 16.9 Å². The number of nitrogens with two attached hydrogens (primary N) is 1. The maximum atomic E-state index is 6.09. The highest BCUT2D eigenvalue weighted by Crippen LogP contribution is 2.34. The van der Waals surface area contributed by atoms with Crippen LogP contribution in [-0.2, 0) is 5.54 Å². The smallest absolute Gasteiger partial charge is 0.114 e. The van der Waals surface area contributed by atoms with E-state index in [2.05, 4.69) is 64.3 Å². The van der Waals surface area contributed by atoms with Gasteiger partial charge in [-0.25, -0.2) is 4.98 Å². The maximum Gasteiger partial charge on any atom is 0.114 e. The van der Waals surface area contributed by atoms with E-state index in [0.29, 0.717) is 6.54 Å². The SMILES string of the molecule is CC(C)(C)CC(CN)c1nc2ccccc2n1C(C)(C)C. The van der Waals surface area contributed by atoms with Gasteiger partial charge in [0.1, 0.15) is 5.82 Å². The molecule has 2 N–H and O–H groups in total. The van der Waals surface area contributed by atoms with Crippen molar-refractivity contribution in [1.82, 2.24) is 9.55 Å². The van der Waals surface area contributed by atoms with Crippen LogP contribution in [0.4, 0.5) is 0 Å². The molecule has 116 valence electrons. The zero-order chi connectivity index (χ0) is 15.8. The largest absolute Gasteiger partial charge is 0.330 e. The van der Waals surface area contributed by atoms with Gasteiger partial charge >= 0.3 is 0 Å². The van der Waals surface area contributed by atoms with Gasteiger partial charge in [-0.1, -0.05) is 32.9 Å². The van der Waals surface area contributed by atoms with Crippen LogP contribution >= 0.6 is 0 Å². The summed E-state index contributed by atoms with van der Waals surface area (Å²) in [6.45, 7) is 14.1. The molecule has 0 saturated carbocycles. The van der Waals surface area contributed by atoms with E-state index < -0.39 is 0 Å². The molecule has 0 saturated heterocycles. The number of fused-ring (bicyclic) bond motifs is 1. The van der Waals surface area contributed by atoms with Crippen LogP contribution in [0.5, 0.6) is 0 Å². The third kappa shape index (κ3) is 3.46. The van der Waals surface area contributed by atoms with E-state index in [1.54, 1.807) is 0 Å². The summed E-state index contributed by atoms with van der Waals surface area (Å²) >= 11 is 0. The monoisotopic (exact) mass is 287 g/mol. The fraction of sp³-hybridized carbons (Fsp3) is 0.611. The maximum absolute atomic E-state index is 6.09. The first kappa shape index (κ1) is 16.0. The Hall–Kier alpha value is -1.35. The summed E-state index contributed by atoms with van der Waals surface area (Å²) < 4.78 is 2.37. The lowest BCUT2D eigenvalue weighted by Gasteiger charge is -2.30. The molecule has 1 atom stereocenters. The van der Waals surface area contributed by atoms with E-state index in [1.165, 1.54) is 5.52 Å². The highest BCUT2D eigenvalue weighted by Gasteiger charge is 2.28. The van der Waals surface area contributed by atoms with Gasteiger partial charge in [-0.3, -0.25) is 0 Å². The molecular formula is C18H29N3. The Labute approximate surface area is 128 Å². The number of benzene rings is 1. The topological polar surface area (TPSA) is 43.8 Å². The van der Waals surface area contributed by atoms with Crippen molar-refractivity contribution in [3.63, 3.8) is 0 Å². The predicted molar refractivity (Wildman–Crippen MR) is 90.6 cm³/mol. The highest BCUT2D eigenvalue weighted by atomic mass is 15.1. The van der Waals surface area contributed by atoms with E-state index >= 15 is 0 Å². The quantitative estimate of drug-likeness (QED) is 0.916. The van der Waals surface area contributed by atoms with E-state index in [9.17, 15) is 0 Å². The minimum atomic E-state index is -0.00323. The van der Waals surface area contributed by atoms with Crippen molar-refractivity contribution >= 4 is 11.0 Å². The Bertz CT molecular complexity index is 611. The van der Waals surface area contributed by atoms with E-state index in [1.807, 2.05) is 6.07 Å². The second-order valence-corrected chi connectivity index (χ2v) is 8.16. The highest BCUT2D eigenvalue weighted by molar-refractivity contribution is 5.76. The number of hydrogen-bond acceptors (Lipinski definition) is 2. The van der Waals surface area contributed by atoms with Gasteiger partial charge in [0, 0.05) is 18.0 Å². The lowest BCUT2D eigenvalue weighted by atomic mass is 9.84. The molecular weight excluding hydrogens is 258 g/mol. The molecule has 0 spiro atoms. The van der Waals surface area contributed by atoms with Crippen molar-refractivity contribution in [2.45, 2.75) is 59.4 Å². The molecule has 2 rings (SSSR count). The molecule has 0 bridgehead atoms. The molecule has 0 fully saturated rings. The molecule has 0 radical (unpaired) electrons. The summed E-state index contributed by atoms with van der Waals surface area (Å²) in [5.41, 5.74) is 8.60. The van der Waals surface area contributed by atoms with Crippen LogP contribution in [0.1, 0.15) is 59.7 Å². The van der Waals surface area contributed by atoms with Gasteiger partial charge in [0.2, 0.25) is 0 Å². The molecule has 21 heavy (non-hydrogen) atoms. The summed E-state index contributed by atoms with van der Waals surface area (Å²) in [6, 6.07) is 8.37. The number of aromatic nitrogens is 2. The normalized spacial score (nSPS) is 14.6. The van der Waals surface area contributed by atoms with Crippen molar-refractivity contribution in [3.8, 4) is 0 Å². The molecule has 1 aromatic carbocycles. The number of rotatable bonds is 3. The Kier molecular flexibility index (Phi) is 4.16. The first-order chi connectivity index (χ1) is 9.63. The second-order valence-electron chi connectivity index (χ2n) is 8.16. The molecule has 0 aliphatic rings. The third-order valence-corrected chi connectivity index (χ3v) is 3.77. The molecule has 1 unspecified atom stereocenters. The van der Waals surface area contributed by atoms with Crippen LogP contribution in [0.2, 0.25) is 0 Å². The summed E-state index contributed by atoms with van der Waals surface area (Å²) in [6.07, 6.45) is 1.04. The molecule has 2 aromatic rings. The summed E-state index contributed by atoms with van der Waals surface area (Å²) in [5, 5.41) is 0. The van der Waals surface area contributed by atoms with Crippen LogP contribution in [0.25, 0.3) is 11.0 Å². The molecule has 3 nitrogen and oxygen atoms in total. The van der Waals surface area contributed by atoms with Crippen molar-refractivity contribution in [2.75, 3.05) is 6.54 Å². The lowest BCUT2D eigenvalue weighted by Crippen LogP contribution is -2.29. The number of hydrogen-bond donors (Lipinski definition) is 1. The van der Waals surface area contributed by atoms with Crippen molar-refractivity contribution < 1.29 is 0 Å². The van der Waals surface area contributed by atoms with Crippen molar-refractivity contribution in [1.29, 1.82) is 0 Å². The Morgan fingerprint density at radius 1 is 1.10 bits per heavy atom. The van der Waals surface area contributed by atoms with Crippen molar-refractivity contribution in [3.05, 3.63) is 30.1 Å². The Morgan fingerprint density at radius 3 is 2.24 bits per heavy atom. The minimum Gasteiger partial charge on any atom is -0.330 e. The lowest BCUT2D eigenvalue weighted by molar-refractivity contribution is 0.314. The van der Waals surface area contributed by atoms with Gasteiger partial charge in [-0.2, -0.15) is 0 Å². The third-order valence-electron chi connectivity index (χ3n) is 3.77. The van der Waals surface area contributed by atoms with Crippen molar-refractivity contribution in [2.24, 2.45) is 11.1 Å². The Balaban J connectivity index is 2.61. The van der Waals surface area contributed by atoms with Gasteiger partial charge in [-0.15, -0.1) is 0 Å². The van der Waals surface area contributed by atoms with Gasteiger partial charge < -0.3 is 10.3 Å². The average molecular weight is 287 g/mol. The summed E-state index contributed by atoms with van der Waals surface area (Å²) in [7, 11) is 0. The zero-order valence-electron chi connectivity index (χ0n) is 14.3. The number of imidazole rings is 1. The fourth-order valence-electron chi connectivity index (χ4n) is 3.04. The van der Waals surface area contributed by atoms with Gasteiger partial charge in [0.15, 0.2) is 0 Å². The van der Waals surface area contributed by atoms with Gasteiger partial charge in [0.25, 0.3) is 0 Å². The molecule has 1 aromatic heterocycles. The van der Waals surface area contributed by atoms with E-state index in [0.717, 1.165) is 17.8 Å².